The Morgan fingerprint density at radius 1 is 0.921 bits per heavy atom. The Bertz CT molecular complexity index is 1470. The zero-order valence-electron chi connectivity index (χ0n) is 21.4. The number of anilines is 2. The topological polar surface area (TPSA) is 61.8 Å². The second-order valence-corrected chi connectivity index (χ2v) is 10.3. The van der Waals surface area contributed by atoms with Gasteiger partial charge < -0.3 is 19.4 Å². The number of carbonyl (C=O) groups excluding carboxylic acids is 1. The van der Waals surface area contributed by atoms with Crippen molar-refractivity contribution in [3.05, 3.63) is 94.4 Å². The van der Waals surface area contributed by atoms with Crippen LogP contribution in [0.25, 0.3) is 10.8 Å². The molecule has 0 unspecified atom stereocenters. The molecule has 0 spiro atoms. The molecule has 7 nitrogen and oxygen atoms in total. The molecule has 2 aliphatic rings. The molecule has 2 aliphatic heterocycles. The monoisotopic (exact) mass is 527 g/mol. The number of halogens is 1. The predicted octanol–water partition coefficient (Wildman–Crippen LogP) is 5.61. The summed E-state index contributed by atoms with van der Waals surface area (Å²) < 4.78 is 5.53. The summed E-state index contributed by atoms with van der Waals surface area (Å²) in [6, 6.07) is 22.7. The van der Waals surface area contributed by atoms with E-state index in [1.54, 1.807) is 4.90 Å². The second-order valence-electron chi connectivity index (χ2n) is 9.93. The maximum Gasteiger partial charge on any atom is 0.410 e. The van der Waals surface area contributed by atoms with Crippen molar-refractivity contribution >= 4 is 40.0 Å². The van der Waals surface area contributed by atoms with E-state index in [1.165, 1.54) is 22.0 Å². The first kappa shape index (κ1) is 24.5. The maximum absolute atomic E-state index is 12.6. The fourth-order valence-electron chi connectivity index (χ4n) is 5.46. The largest absolute Gasteiger partial charge is 0.445 e. The van der Waals surface area contributed by atoms with Crippen LogP contribution in [0.4, 0.5) is 16.3 Å². The Kier molecular flexibility index (Phi) is 6.77. The Morgan fingerprint density at radius 3 is 2.50 bits per heavy atom. The highest BCUT2D eigenvalue weighted by molar-refractivity contribution is 6.28. The molecule has 1 saturated heterocycles. The van der Waals surface area contributed by atoms with Crippen LogP contribution in [0.1, 0.15) is 22.4 Å². The van der Waals surface area contributed by atoms with Gasteiger partial charge >= 0.3 is 6.09 Å². The van der Waals surface area contributed by atoms with Gasteiger partial charge in [-0.05, 0) is 47.5 Å². The van der Waals surface area contributed by atoms with Crippen LogP contribution in [-0.4, -0.2) is 53.7 Å². The van der Waals surface area contributed by atoms with E-state index < -0.39 is 0 Å². The first-order valence-corrected chi connectivity index (χ1v) is 13.4. The highest BCUT2D eigenvalue weighted by atomic mass is 35.5. The smallest absolute Gasteiger partial charge is 0.410 e. The van der Waals surface area contributed by atoms with E-state index >= 15 is 0 Å². The van der Waals surface area contributed by atoms with Gasteiger partial charge in [-0.25, -0.2) is 14.8 Å². The lowest BCUT2D eigenvalue weighted by atomic mass is 10.0. The molecular formula is C30H30ClN5O2. The van der Waals surface area contributed by atoms with Crippen LogP contribution >= 0.6 is 11.6 Å². The number of piperazine rings is 1. The van der Waals surface area contributed by atoms with Crippen molar-refractivity contribution in [2.45, 2.75) is 26.5 Å². The molecule has 194 valence electrons. The van der Waals surface area contributed by atoms with Crippen molar-refractivity contribution < 1.29 is 9.53 Å². The number of ether oxygens (including phenoxy) is 1. The van der Waals surface area contributed by atoms with Crippen molar-refractivity contribution in [1.29, 1.82) is 0 Å². The van der Waals surface area contributed by atoms with Gasteiger partial charge in [-0.2, -0.15) is 0 Å². The van der Waals surface area contributed by atoms with E-state index in [9.17, 15) is 4.79 Å². The van der Waals surface area contributed by atoms with Crippen molar-refractivity contribution in [3.63, 3.8) is 0 Å². The van der Waals surface area contributed by atoms with E-state index in [2.05, 4.69) is 63.1 Å². The van der Waals surface area contributed by atoms with Gasteiger partial charge in [-0.1, -0.05) is 60.7 Å². The number of aryl methyl sites for hydroxylation is 1. The van der Waals surface area contributed by atoms with Crippen LogP contribution in [0, 0.1) is 6.92 Å². The molecule has 3 aromatic carbocycles. The Balaban J connectivity index is 1.16. The van der Waals surface area contributed by atoms with Crippen LogP contribution in [0.3, 0.4) is 0 Å². The predicted molar refractivity (Wildman–Crippen MR) is 151 cm³/mol. The summed E-state index contributed by atoms with van der Waals surface area (Å²) in [5, 5.41) is 2.76. The number of hydrogen-bond acceptors (Lipinski definition) is 6. The Labute approximate surface area is 227 Å². The molecule has 0 saturated carbocycles. The summed E-state index contributed by atoms with van der Waals surface area (Å²) in [6.07, 6.45) is 0.556. The first-order chi connectivity index (χ1) is 18.5. The van der Waals surface area contributed by atoms with Gasteiger partial charge in [0.25, 0.3) is 0 Å². The lowest BCUT2D eigenvalue weighted by molar-refractivity contribution is 0.0941. The molecule has 6 rings (SSSR count). The summed E-state index contributed by atoms with van der Waals surface area (Å²) in [5.41, 5.74) is 5.58. The fourth-order valence-corrected chi connectivity index (χ4v) is 5.64. The number of benzene rings is 3. The molecule has 1 fully saturated rings. The first-order valence-electron chi connectivity index (χ1n) is 13.1. The number of fused-ring (bicyclic) bond motifs is 2. The van der Waals surface area contributed by atoms with Gasteiger partial charge in [0.15, 0.2) is 0 Å². The number of hydrogen-bond donors (Lipinski definition) is 0. The fraction of sp³-hybridized carbons (Fsp3) is 0.300. The Morgan fingerprint density at radius 2 is 1.68 bits per heavy atom. The third-order valence-electron chi connectivity index (χ3n) is 7.38. The van der Waals surface area contributed by atoms with Crippen molar-refractivity contribution in [2.24, 2.45) is 0 Å². The van der Waals surface area contributed by atoms with Gasteiger partial charge in [0.1, 0.15) is 12.4 Å². The zero-order valence-corrected chi connectivity index (χ0v) is 22.2. The minimum atomic E-state index is -0.280. The average Bonchev–Trinajstić information content (AvgIpc) is 2.95. The van der Waals surface area contributed by atoms with Crippen molar-refractivity contribution in [3.8, 4) is 0 Å². The maximum atomic E-state index is 12.6. The summed E-state index contributed by atoms with van der Waals surface area (Å²) in [4.78, 5) is 28.3. The second kappa shape index (κ2) is 10.5. The van der Waals surface area contributed by atoms with Gasteiger partial charge in [0, 0.05) is 49.4 Å². The number of carbonyl (C=O) groups is 1. The minimum absolute atomic E-state index is 0.263. The van der Waals surface area contributed by atoms with E-state index in [4.69, 9.17) is 16.3 Å². The van der Waals surface area contributed by atoms with Crippen molar-refractivity contribution in [1.82, 2.24) is 14.9 Å². The molecule has 3 heterocycles. The molecule has 8 heteroatoms. The van der Waals surface area contributed by atoms with Crippen LogP contribution in [0.15, 0.2) is 66.7 Å². The molecule has 0 bridgehead atoms. The molecule has 0 atom stereocenters. The molecule has 1 aromatic heterocycles. The van der Waals surface area contributed by atoms with E-state index in [-0.39, 0.29) is 18.0 Å². The minimum Gasteiger partial charge on any atom is -0.445 e. The molecule has 4 aromatic rings. The lowest BCUT2D eigenvalue weighted by Crippen LogP contribution is -2.49. The highest BCUT2D eigenvalue weighted by Crippen LogP contribution is 2.34. The van der Waals surface area contributed by atoms with Crippen LogP contribution in [-0.2, 0) is 24.3 Å². The van der Waals surface area contributed by atoms with Gasteiger partial charge in [0.2, 0.25) is 5.28 Å². The van der Waals surface area contributed by atoms with E-state index in [1.807, 2.05) is 30.3 Å². The van der Waals surface area contributed by atoms with Crippen LogP contribution < -0.4 is 9.80 Å². The molecule has 1 amide bonds. The summed E-state index contributed by atoms with van der Waals surface area (Å²) in [6.45, 7) is 6.48. The quantitative estimate of drug-likeness (QED) is 0.321. The van der Waals surface area contributed by atoms with E-state index in [0.717, 1.165) is 35.6 Å². The SMILES string of the molecule is Cc1cc(N2CCc3c(nc(Cl)nc3N3CCN(C(=O)OCc4ccccc4)CC3)C2)c2ccccc2c1. The molecule has 0 radical (unpaired) electrons. The average molecular weight is 528 g/mol. The standard InChI is InChI=1S/C30H30ClN5O2/c1-21-17-23-9-5-6-10-24(23)27(18-21)36-12-11-25-26(19-36)32-29(31)33-28(25)34-13-15-35(16-14-34)30(37)38-20-22-7-3-2-4-8-22/h2-10,17-18H,11-16,19-20H2,1H3. The van der Waals surface area contributed by atoms with Crippen LogP contribution in [0.2, 0.25) is 5.28 Å². The van der Waals surface area contributed by atoms with E-state index in [0.29, 0.717) is 32.7 Å². The summed E-state index contributed by atoms with van der Waals surface area (Å²) >= 11 is 6.44. The zero-order chi connectivity index (χ0) is 26.1. The number of rotatable bonds is 4. The third kappa shape index (κ3) is 4.98. The normalized spacial score (nSPS) is 15.5. The van der Waals surface area contributed by atoms with Gasteiger partial charge in [-0.15, -0.1) is 0 Å². The molecule has 38 heavy (non-hydrogen) atoms. The number of amides is 1. The molecule has 0 aliphatic carbocycles. The highest BCUT2D eigenvalue weighted by Gasteiger charge is 2.29. The number of nitrogens with zero attached hydrogens (tertiary/aromatic N) is 5. The Hall–Kier alpha value is -3.84. The van der Waals surface area contributed by atoms with Crippen LogP contribution in [0.5, 0.6) is 0 Å². The summed E-state index contributed by atoms with van der Waals surface area (Å²) in [5.74, 6) is 0.894. The van der Waals surface area contributed by atoms with Crippen molar-refractivity contribution in [2.75, 3.05) is 42.5 Å². The van der Waals surface area contributed by atoms with Gasteiger partial charge in [0.05, 0.1) is 12.2 Å². The number of aromatic nitrogens is 2. The third-order valence-corrected chi connectivity index (χ3v) is 7.55. The summed E-state index contributed by atoms with van der Waals surface area (Å²) in [7, 11) is 0. The lowest BCUT2D eigenvalue weighted by Gasteiger charge is -2.38. The van der Waals surface area contributed by atoms with Gasteiger partial charge in [-0.3, -0.25) is 0 Å². The molecular weight excluding hydrogens is 498 g/mol. The molecule has 0 N–H and O–H groups in total.